The van der Waals surface area contributed by atoms with Crippen LogP contribution in [0.15, 0.2) is 42.7 Å². The van der Waals surface area contributed by atoms with Crippen molar-refractivity contribution < 1.29 is 4.39 Å². The van der Waals surface area contributed by atoms with Crippen LogP contribution in [0.4, 0.5) is 21.8 Å². The van der Waals surface area contributed by atoms with E-state index in [1.807, 2.05) is 13.0 Å². The second kappa shape index (κ2) is 6.06. The van der Waals surface area contributed by atoms with E-state index in [1.54, 1.807) is 24.5 Å². The Morgan fingerprint density at radius 3 is 2.80 bits per heavy atom. The number of thiazole rings is 1. The first kappa shape index (κ1) is 15.4. The fourth-order valence-electron chi connectivity index (χ4n) is 2.50. The molecule has 124 valence electrons. The van der Waals surface area contributed by atoms with Crippen molar-refractivity contribution in [3.8, 4) is 10.6 Å². The highest BCUT2D eigenvalue weighted by Gasteiger charge is 2.16. The summed E-state index contributed by atoms with van der Waals surface area (Å²) < 4.78 is 14.3. The van der Waals surface area contributed by atoms with E-state index >= 15 is 0 Å². The number of benzene rings is 1. The van der Waals surface area contributed by atoms with Crippen LogP contribution >= 0.6 is 11.3 Å². The zero-order valence-electron chi connectivity index (χ0n) is 13.2. The molecule has 0 atom stereocenters. The molecule has 4 rings (SSSR count). The van der Waals surface area contributed by atoms with Crippen molar-refractivity contribution in [1.82, 2.24) is 19.9 Å². The highest BCUT2D eigenvalue weighted by atomic mass is 32.1. The number of nitrogen functional groups attached to an aromatic ring is 1. The van der Waals surface area contributed by atoms with Crippen molar-refractivity contribution in [2.24, 2.45) is 0 Å². The number of halogens is 1. The van der Waals surface area contributed by atoms with Crippen LogP contribution in [-0.4, -0.2) is 19.9 Å². The quantitative estimate of drug-likeness (QED) is 0.581. The van der Waals surface area contributed by atoms with Crippen LogP contribution in [0.1, 0.15) is 5.69 Å². The lowest BCUT2D eigenvalue weighted by Gasteiger charge is -2.10. The minimum Gasteiger partial charge on any atom is -0.383 e. The van der Waals surface area contributed by atoms with Crippen LogP contribution in [0.5, 0.6) is 0 Å². The van der Waals surface area contributed by atoms with Gasteiger partial charge in [0.05, 0.1) is 22.2 Å². The van der Waals surface area contributed by atoms with Gasteiger partial charge < -0.3 is 11.1 Å². The Morgan fingerprint density at radius 2 is 2.04 bits per heavy atom. The average Bonchev–Trinajstić information content (AvgIpc) is 2.97. The van der Waals surface area contributed by atoms with Gasteiger partial charge in [-0.05, 0) is 31.2 Å². The van der Waals surface area contributed by atoms with Gasteiger partial charge >= 0.3 is 0 Å². The molecule has 0 saturated carbocycles. The van der Waals surface area contributed by atoms with Crippen LogP contribution in [-0.2, 0) is 0 Å². The fraction of sp³-hybridized carbons (Fsp3) is 0.0588. The van der Waals surface area contributed by atoms with E-state index in [-0.39, 0.29) is 5.82 Å². The van der Waals surface area contributed by atoms with Gasteiger partial charge in [0.1, 0.15) is 22.2 Å². The van der Waals surface area contributed by atoms with Gasteiger partial charge in [0.2, 0.25) is 5.95 Å². The molecular formula is C17H13FN6S. The lowest BCUT2D eigenvalue weighted by molar-refractivity contribution is 0.628. The van der Waals surface area contributed by atoms with Crippen LogP contribution in [0.25, 0.3) is 20.8 Å². The molecule has 0 radical (unpaired) electrons. The third-order valence-corrected chi connectivity index (χ3v) is 4.66. The number of anilines is 3. The number of rotatable bonds is 3. The van der Waals surface area contributed by atoms with Crippen LogP contribution in [0.2, 0.25) is 0 Å². The van der Waals surface area contributed by atoms with Gasteiger partial charge in [-0.1, -0.05) is 6.07 Å². The molecule has 0 aliphatic carbocycles. The van der Waals surface area contributed by atoms with Crippen molar-refractivity contribution in [2.75, 3.05) is 11.1 Å². The smallest absolute Gasteiger partial charge is 0.229 e. The number of fused-ring (bicyclic) bond motifs is 1. The fourth-order valence-corrected chi connectivity index (χ4v) is 3.54. The van der Waals surface area contributed by atoms with E-state index in [0.29, 0.717) is 28.7 Å². The van der Waals surface area contributed by atoms with Gasteiger partial charge in [-0.25, -0.2) is 14.4 Å². The summed E-state index contributed by atoms with van der Waals surface area (Å²) in [5, 5.41) is 3.71. The molecule has 0 fully saturated rings. The molecule has 0 unspecified atom stereocenters. The summed E-state index contributed by atoms with van der Waals surface area (Å²) in [6.45, 7) is 1.84. The molecule has 25 heavy (non-hydrogen) atoms. The summed E-state index contributed by atoms with van der Waals surface area (Å²) in [7, 11) is 0. The third-order valence-electron chi connectivity index (χ3n) is 3.60. The Bertz CT molecular complexity index is 1020. The summed E-state index contributed by atoms with van der Waals surface area (Å²) >= 11 is 1.51. The van der Waals surface area contributed by atoms with Gasteiger partial charge in [0.25, 0.3) is 0 Å². The number of aromatic nitrogens is 4. The maximum atomic E-state index is 13.3. The van der Waals surface area contributed by atoms with Crippen molar-refractivity contribution in [3.63, 3.8) is 0 Å². The van der Waals surface area contributed by atoms with E-state index < -0.39 is 0 Å². The molecule has 0 bridgehead atoms. The maximum absolute atomic E-state index is 13.3. The minimum atomic E-state index is -0.339. The Balaban J connectivity index is 1.73. The minimum absolute atomic E-state index is 0.312. The summed E-state index contributed by atoms with van der Waals surface area (Å²) in [6, 6.07) is 7.98. The van der Waals surface area contributed by atoms with Crippen molar-refractivity contribution in [3.05, 3.63) is 54.2 Å². The van der Waals surface area contributed by atoms with Gasteiger partial charge in [0, 0.05) is 11.9 Å². The summed E-state index contributed by atoms with van der Waals surface area (Å²) in [5.74, 6) is 0.292. The molecule has 0 spiro atoms. The lowest BCUT2D eigenvalue weighted by atomic mass is 10.2. The van der Waals surface area contributed by atoms with Gasteiger partial charge in [-0.2, -0.15) is 4.98 Å². The molecule has 8 heteroatoms. The average molecular weight is 352 g/mol. The van der Waals surface area contributed by atoms with Gasteiger partial charge in [-0.3, -0.25) is 4.98 Å². The molecule has 0 aliphatic rings. The first-order valence-corrected chi connectivity index (χ1v) is 8.29. The van der Waals surface area contributed by atoms with Crippen LogP contribution < -0.4 is 11.1 Å². The normalized spacial score (nSPS) is 11.0. The molecule has 3 heterocycles. The molecule has 0 amide bonds. The Hall–Kier alpha value is -3.13. The maximum Gasteiger partial charge on any atom is 0.229 e. The van der Waals surface area contributed by atoms with E-state index in [0.717, 1.165) is 15.2 Å². The zero-order valence-corrected chi connectivity index (χ0v) is 14.0. The monoisotopic (exact) mass is 352 g/mol. The standard InChI is InChI=1S/C17H13FN6S/c1-9-14(16-23-12-8-20-6-5-13(12)25-16)15(19)24-17(21-9)22-11-4-2-3-10(18)7-11/h2-8H,1H3,(H3,19,21,22,24). The zero-order chi connectivity index (χ0) is 17.4. The molecule has 4 aromatic rings. The molecule has 0 saturated heterocycles. The first-order valence-electron chi connectivity index (χ1n) is 7.48. The van der Waals surface area contributed by atoms with Crippen LogP contribution in [0.3, 0.4) is 0 Å². The highest BCUT2D eigenvalue weighted by Crippen LogP contribution is 2.34. The lowest BCUT2D eigenvalue weighted by Crippen LogP contribution is -2.05. The van der Waals surface area contributed by atoms with Crippen LogP contribution in [0, 0.1) is 12.7 Å². The summed E-state index contributed by atoms with van der Waals surface area (Å²) in [6.07, 6.45) is 3.44. The number of nitrogens with one attached hydrogen (secondary N) is 1. The summed E-state index contributed by atoms with van der Waals surface area (Å²) in [5.41, 5.74) is 8.90. The van der Waals surface area contributed by atoms with E-state index in [2.05, 4.69) is 25.3 Å². The molecule has 3 N–H and O–H groups in total. The van der Waals surface area contributed by atoms with E-state index in [4.69, 9.17) is 5.73 Å². The van der Waals surface area contributed by atoms with Gasteiger partial charge in [-0.15, -0.1) is 11.3 Å². The predicted octanol–water partition coefficient (Wildman–Crippen LogP) is 3.92. The van der Waals surface area contributed by atoms with Crippen molar-refractivity contribution in [1.29, 1.82) is 0 Å². The molecule has 6 nitrogen and oxygen atoms in total. The number of pyridine rings is 1. The summed E-state index contributed by atoms with van der Waals surface area (Å²) in [4.78, 5) is 17.4. The number of nitrogens with zero attached hydrogens (tertiary/aromatic N) is 4. The largest absolute Gasteiger partial charge is 0.383 e. The number of hydrogen-bond donors (Lipinski definition) is 2. The Morgan fingerprint density at radius 1 is 1.16 bits per heavy atom. The molecular weight excluding hydrogens is 339 g/mol. The van der Waals surface area contributed by atoms with E-state index in [1.165, 1.54) is 23.5 Å². The molecule has 1 aromatic carbocycles. The highest BCUT2D eigenvalue weighted by molar-refractivity contribution is 7.21. The number of aryl methyl sites for hydroxylation is 1. The topological polar surface area (TPSA) is 89.6 Å². The SMILES string of the molecule is Cc1nc(Nc2cccc(F)c2)nc(N)c1-c1nc2cnccc2s1. The first-order chi connectivity index (χ1) is 12.1. The molecule has 3 aromatic heterocycles. The number of nitrogens with two attached hydrogens (primary N) is 1. The van der Waals surface area contributed by atoms with Crippen molar-refractivity contribution in [2.45, 2.75) is 6.92 Å². The predicted molar refractivity (Wildman–Crippen MR) is 97.3 cm³/mol. The Kier molecular flexibility index (Phi) is 3.73. The second-order valence-corrected chi connectivity index (χ2v) is 6.42. The molecule has 0 aliphatic heterocycles. The van der Waals surface area contributed by atoms with Crippen molar-refractivity contribution >= 4 is 39.0 Å². The Labute approximate surface area is 146 Å². The number of hydrogen-bond acceptors (Lipinski definition) is 7. The van der Waals surface area contributed by atoms with Gasteiger partial charge in [0.15, 0.2) is 0 Å². The van der Waals surface area contributed by atoms with E-state index in [9.17, 15) is 4.39 Å². The second-order valence-electron chi connectivity index (χ2n) is 5.39. The third kappa shape index (κ3) is 2.99.